The van der Waals surface area contributed by atoms with Crippen LogP contribution in [0.25, 0.3) is 0 Å². The Morgan fingerprint density at radius 3 is 1.95 bits per heavy atom. The van der Waals surface area contributed by atoms with Crippen LogP contribution < -0.4 is 0 Å². The molecule has 0 aromatic carbocycles. The van der Waals surface area contributed by atoms with Crippen molar-refractivity contribution in [1.29, 1.82) is 0 Å². The van der Waals surface area contributed by atoms with Crippen LogP contribution in [0.5, 0.6) is 0 Å². The van der Waals surface area contributed by atoms with E-state index >= 15 is 0 Å². The van der Waals surface area contributed by atoms with Crippen LogP contribution in [0.3, 0.4) is 0 Å². The van der Waals surface area contributed by atoms with E-state index < -0.39 is 19.8 Å². The third-order valence-electron chi connectivity index (χ3n) is 4.75. The van der Waals surface area contributed by atoms with E-state index in [2.05, 4.69) is 33.9 Å². The highest BCUT2D eigenvalue weighted by Gasteiger charge is 2.42. The minimum Gasteiger partial charge on any atom is -0.462 e. The summed E-state index contributed by atoms with van der Waals surface area (Å²) in [5.41, 5.74) is -0.516. The van der Waals surface area contributed by atoms with E-state index in [1.807, 2.05) is 20.8 Å². The van der Waals surface area contributed by atoms with Crippen molar-refractivity contribution in [3.63, 3.8) is 0 Å². The van der Waals surface area contributed by atoms with Gasteiger partial charge >= 0.3 is 5.97 Å². The molecule has 1 rings (SSSR count). The zero-order chi connectivity index (χ0) is 17.3. The van der Waals surface area contributed by atoms with Gasteiger partial charge in [0.25, 0.3) is 0 Å². The van der Waals surface area contributed by atoms with Gasteiger partial charge < -0.3 is 14.3 Å². The highest BCUT2D eigenvalue weighted by atomic mass is 28.4. The molecule has 0 saturated heterocycles. The fourth-order valence-electron chi connectivity index (χ4n) is 2.30. The first kappa shape index (κ1) is 19.7. The summed E-state index contributed by atoms with van der Waals surface area (Å²) in [7, 11) is -1.88. The third-order valence-corrected chi connectivity index (χ3v) is 9.28. The highest BCUT2D eigenvalue weighted by Crippen LogP contribution is 2.39. The van der Waals surface area contributed by atoms with E-state index in [1.165, 1.54) is 0 Å². The number of carbonyl (C=O) groups excluding carboxylic acids is 1. The molecule has 22 heavy (non-hydrogen) atoms. The largest absolute Gasteiger partial charge is 0.462 e. The molecule has 4 nitrogen and oxygen atoms in total. The lowest BCUT2D eigenvalue weighted by molar-refractivity contribution is -0.164. The molecule has 1 aliphatic rings. The fourth-order valence-corrected chi connectivity index (χ4v) is 3.68. The average Bonchev–Trinajstić information content (AvgIpc) is 2.23. The topological polar surface area (TPSA) is 55.8 Å². The second kappa shape index (κ2) is 6.61. The minimum absolute atomic E-state index is 0.0255. The molecule has 1 aliphatic carbocycles. The zero-order valence-corrected chi connectivity index (χ0v) is 16.5. The molecule has 0 bridgehead atoms. The summed E-state index contributed by atoms with van der Waals surface area (Å²) in [6.45, 7) is 16.6. The first-order valence-electron chi connectivity index (χ1n) is 8.29. The average molecular weight is 331 g/mol. The lowest BCUT2D eigenvalue weighted by Gasteiger charge is -2.42. The van der Waals surface area contributed by atoms with Crippen LogP contribution in [0.2, 0.25) is 18.1 Å². The summed E-state index contributed by atoms with van der Waals surface area (Å²) in [6, 6.07) is 0. The highest BCUT2D eigenvalue weighted by molar-refractivity contribution is 6.74. The predicted octanol–water partition coefficient (Wildman–Crippen LogP) is 3.88. The molecule has 0 radical (unpaired) electrons. The Morgan fingerprint density at radius 2 is 1.50 bits per heavy atom. The van der Waals surface area contributed by atoms with E-state index in [9.17, 15) is 9.90 Å². The molecular weight excluding hydrogens is 296 g/mol. The van der Waals surface area contributed by atoms with Crippen LogP contribution in [-0.4, -0.2) is 37.7 Å². The molecule has 1 N–H and O–H groups in total. The van der Waals surface area contributed by atoms with Gasteiger partial charge in [-0.2, -0.15) is 0 Å². The number of carbonyl (C=O) groups is 1. The second-order valence-corrected chi connectivity index (χ2v) is 13.9. The van der Waals surface area contributed by atoms with Crippen LogP contribution in [0.4, 0.5) is 0 Å². The van der Waals surface area contributed by atoms with Crippen molar-refractivity contribution in [3.8, 4) is 0 Å². The van der Waals surface area contributed by atoms with Crippen LogP contribution in [0.1, 0.15) is 60.8 Å². The molecule has 0 aromatic rings. The molecular formula is C17H34O4Si. The molecule has 130 valence electrons. The van der Waals surface area contributed by atoms with E-state index in [0.717, 1.165) is 0 Å². The predicted molar refractivity (Wildman–Crippen MR) is 91.3 cm³/mol. The number of hydrogen-bond acceptors (Lipinski definition) is 4. The third kappa shape index (κ3) is 5.35. The van der Waals surface area contributed by atoms with Crippen molar-refractivity contribution in [1.82, 2.24) is 0 Å². The van der Waals surface area contributed by atoms with Crippen molar-refractivity contribution < 1.29 is 19.1 Å². The Bertz CT molecular complexity index is 392. The van der Waals surface area contributed by atoms with Gasteiger partial charge in [-0.25, -0.2) is 0 Å². The molecule has 3 unspecified atom stereocenters. The summed E-state index contributed by atoms with van der Waals surface area (Å²) < 4.78 is 12.0. The zero-order valence-electron chi connectivity index (χ0n) is 15.5. The van der Waals surface area contributed by atoms with Gasteiger partial charge in [-0.05, 0) is 45.3 Å². The van der Waals surface area contributed by atoms with Crippen LogP contribution in [0.15, 0.2) is 0 Å². The van der Waals surface area contributed by atoms with Crippen molar-refractivity contribution in [2.75, 3.05) is 0 Å². The summed E-state index contributed by atoms with van der Waals surface area (Å²) >= 11 is 0. The van der Waals surface area contributed by atoms with E-state index in [-0.39, 0.29) is 23.2 Å². The molecule has 0 aliphatic heterocycles. The molecule has 1 saturated carbocycles. The lowest BCUT2D eigenvalue weighted by Crippen LogP contribution is -2.48. The fraction of sp³-hybridized carbons (Fsp3) is 0.941. The smallest absolute Gasteiger partial charge is 0.311 e. The number of hydrogen-bond donors (Lipinski definition) is 1. The van der Waals surface area contributed by atoms with Gasteiger partial charge in [-0.1, -0.05) is 20.8 Å². The Kier molecular flexibility index (Phi) is 5.91. The number of aliphatic hydroxyl groups is 1. The number of ether oxygens (including phenoxy) is 1. The molecule has 3 atom stereocenters. The van der Waals surface area contributed by atoms with E-state index in [1.54, 1.807) is 0 Å². The molecule has 5 heteroatoms. The molecule has 0 heterocycles. The second-order valence-electron chi connectivity index (χ2n) is 9.14. The normalized spacial score (nSPS) is 27.6. The molecule has 1 fully saturated rings. The van der Waals surface area contributed by atoms with Gasteiger partial charge in [0.05, 0.1) is 17.6 Å². The maximum atomic E-state index is 12.1. The van der Waals surface area contributed by atoms with Crippen molar-refractivity contribution in [2.45, 2.75) is 97.2 Å². The monoisotopic (exact) mass is 330 g/mol. The standard InChI is InChI=1S/C17H34O4Si/c1-16(2,3)15(19)20-13-9-12(18)10-14(11-13)21-22(7,8)17(4,5)6/h12-14,18H,9-11H2,1-8H3. The first-order chi connectivity index (χ1) is 9.72. The van der Waals surface area contributed by atoms with Crippen molar-refractivity contribution >= 4 is 14.3 Å². The summed E-state index contributed by atoms with van der Waals surface area (Å²) in [5, 5.41) is 10.2. The summed E-state index contributed by atoms with van der Waals surface area (Å²) in [4.78, 5) is 12.1. The van der Waals surface area contributed by atoms with E-state index in [4.69, 9.17) is 9.16 Å². The van der Waals surface area contributed by atoms with Crippen LogP contribution >= 0.6 is 0 Å². The minimum atomic E-state index is -1.88. The van der Waals surface area contributed by atoms with Gasteiger partial charge in [0, 0.05) is 12.8 Å². The Balaban J connectivity index is 2.70. The number of esters is 1. The van der Waals surface area contributed by atoms with Crippen molar-refractivity contribution in [2.24, 2.45) is 5.41 Å². The molecule has 0 spiro atoms. The molecule has 0 amide bonds. The number of aliphatic hydroxyl groups excluding tert-OH is 1. The molecule has 0 aromatic heterocycles. The van der Waals surface area contributed by atoms with Gasteiger partial charge in [-0.15, -0.1) is 0 Å². The Labute approximate surface area is 136 Å². The SMILES string of the molecule is CC(C)(C)C(=O)OC1CC(O)CC(O[Si](C)(C)C(C)(C)C)C1. The maximum absolute atomic E-state index is 12.1. The van der Waals surface area contributed by atoms with Gasteiger partial charge in [0.1, 0.15) is 6.10 Å². The van der Waals surface area contributed by atoms with Crippen LogP contribution in [0, 0.1) is 5.41 Å². The van der Waals surface area contributed by atoms with Crippen molar-refractivity contribution in [3.05, 3.63) is 0 Å². The van der Waals surface area contributed by atoms with Gasteiger partial charge in [-0.3, -0.25) is 4.79 Å². The lowest BCUT2D eigenvalue weighted by atomic mass is 9.91. The Morgan fingerprint density at radius 1 is 1.00 bits per heavy atom. The van der Waals surface area contributed by atoms with Gasteiger partial charge in [0.2, 0.25) is 0 Å². The van der Waals surface area contributed by atoms with E-state index in [0.29, 0.717) is 19.3 Å². The summed E-state index contributed by atoms with van der Waals surface area (Å²) in [6.07, 6.45) is 1.11. The van der Waals surface area contributed by atoms with Crippen LogP contribution in [-0.2, 0) is 14.0 Å². The quantitative estimate of drug-likeness (QED) is 0.630. The maximum Gasteiger partial charge on any atom is 0.311 e. The number of rotatable bonds is 3. The Hall–Kier alpha value is -0.393. The van der Waals surface area contributed by atoms with Gasteiger partial charge in [0.15, 0.2) is 8.32 Å². The first-order valence-corrected chi connectivity index (χ1v) is 11.2. The summed E-state index contributed by atoms with van der Waals surface area (Å²) in [5.74, 6) is -0.210.